The fraction of sp³-hybridized carbons (Fsp3) is 0.500. The van der Waals surface area contributed by atoms with E-state index in [4.69, 9.17) is 5.10 Å². The normalized spacial score (nSPS) is 17.6. The van der Waals surface area contributed by atoms with Crippen LogP contribution in [0.4, 0.5) is 0 Å². The summed E-state index contributed by atoms with van der Waals surface area (Å²) in [6.45, 7) is 6.82. The van der Waals surface area contributed by atoms with Crippen molar-refractivity contribution in [3.8, 4) is 0 Å². The molecular formula is C20H26N8. The second-order valence-electron chi connectivity index (χ2n) is 7.63. The van der Waals surface area contributed by atoms with Crippen LogP contribution in [0, 0.1) is 0 Å². The van der Waals surface area contributed by atoms with Gasteiger partial charge >= 0.3 is 0 Å². The SMILES string of the molecule is c1cncc(Cc2nnc3n2CCN(Cc2cc4n(n2)CCCNC4)CC3)c1. The molecule has 0 saturated carbocycles. The zero-order chi connectivity index (χ0) is 18.8. The van der Waals surface area contributed by atoms with Gasteiger partial charge in [0.1, 0.15) is 11.6 Å². The van der Waals surface area contributed by atoms with Gasteiger partial charge in [-0.2, -0.15) is 5.10 Å². The van der Waals surface area contributed by atoms with E-state index in [1.54, 1.807) is 6.20 Å². The van der Waals surface area contributed by atoms with Gasteiger partial charge in [-0.25, -0.2) is 0 Å². The summed E-state index contributed by atoms with van der Waals surface area (Å²) in [7, 11) is 0. The fourth-order valence-electron chi connectivity index (χ4n) is 4.13. The largest absolute Gasteiger partial charge is 0.313 e. The molecule has 8 nitrogen and oxygen atoms in total. The Labute approximate surface area is 164 Å². The summed E-state index contributed by atoms with van der Waals surface area (Å²) >= 11 is 0. The number of nitrogens with one attached hydrogen (secondary N) is 1. The Bertz CT molecular complexity index is 906. The summed E-state index contributed by atoms with van der Waals surface area (Å²) in [6, 6.07) is 6.32. The first-order valence-electron chi connectivity index (χ1n) is 10.1. The van der Waals surface area contributed by atoms with Gasteiger partial charge in [0.25, 0.3) is 0 Å². The quantitative estimate of drug-likeness (QED) is 0.730. The summed E-state index contributed by atoms with van der Waals surface area (Å²) in [5.41, 5.74) is 3.65. The number of aryl methyl sites for hydroxylation is 1. The van der Waals surface area contributed by atoms with Crippen LogP contribution in [0.1, 0.15) is 35.0 Å². The van der Waals surface area contributed by atoms with E-state index < -0.39 is 0 Å². The molecule has 5 heterocycles. The van der Waals surface area contributed by atoms with Crippen LogP contribution >= 0.6 is 0 Å². The molecule has 0 saturated heterocycles. The molecule has 0 spiro atoms. The molecule has 2 aliphatic heterocycles. The molecule has 0 amide bonds. The average molecular weight is 378 g/mol. The Kier molecular flexibility index (Phi) is 4.88. The first-order chi connectivity index (χ1) is 13.8. The predicted molar refractivity (Wildman–Crippen MR) is 105 cm³/mol. The van der Waals surface area contributed by atoms with Crippen molar-refractivity contribution in [2.45, 2.75) is 45.4 Å². The van der Waals surface area contributed by atoms with E-state index in [0.717, 1.165) is 76.7 Å². The van der Waals surface area contributed by atoms with Gasteiger partial charge in [-0.1, -0.05) is 6.07 Å². The molecule has 0 aliphatic carbocycles. The highest BCUT2D eigenvalue weighted by molar-refractivity contribution is 5.16. The van der Waals surface area contributed by atoms with E-state index in [1.807, 2.05) is 12.3 Å². The smallest absolute Gasteiger partial charge is 0.137 e. The van der Waals surface area contributed by atoms with Crippen LogP contribution in [0.5, 0.6) is 0 Å². The summed E-state index contributed by atoms with van der Waals surface area (Å²) in [6.07, 6.45) is 6.56. The molecule has 2 aliphatic rings. The third-order valence-corrected chi connectivity index (χ3v) is 5.61. The summed E-state index contributed by atoms with van der Waals surface area (Å²) in [5.74, 6) is 2.12. The van der Waals surface area contributed by atoms with Crippen LogP contribution in [-0.2, 0) is 39.0 Å². The maximum absolute atomic E-state index is 4.84. The molecule has 0 unspecified atom stereocenters. The Hall–Kier alpha value is -2.58. The van der Waals surface area contributed by atoms with Crippen molar-refractivity contribution in [3.05, 3.63) is 59.2 Å². The van der Waals surface area contributed by atoms with Crippen molar-refractivity contribution in [1.29, 1.82) is 0 Å². The van der Waals surface area contributed by atoms with E-state index in [-0.39, 0.29) is 0 Å². The molecule has 8 heteroatoms. The number of fused-ring (bicyclic) bond motifs is 2. The van der Waals surface area contributed by atoms with Crippen molar-refractivity contribution in [3.63, 3.8) is 0 Å². The van der Waals surface area contributed by atoms with Crippen LogP contribution in [0.25, 0.3) is 0 Å². The van der Waals surface area contributed by atoms with E-state index in [1.165, 1.54) is 17.0 Å². The molecule has 0 aromatic carbocycles. The van der Waals surface area contributed by atoms with Crippen molar-refractivity contribution < 1.29 is 0 Å². The predicted octanol–water partition coefficient (Wildman–Crippen LogP) is 1.01. The minimum atomic E-state index is 0.779. The molecule has 0 bridgehead atoms. The molecule has 1 N–H and O–H groups in total. The molecule has 28 heavy (non-hydrogen) atoms. The van der Waals surface area contributed by atoms with E-state index in [9.17, 15) is 0 Å². The first kappa shape index (κ1) is 17.5. The highest BCUT2D eigenvalue weighted by Crippen LogP contribution is 2.16. The first-order valence-corrected chi connectivity index (χ1v) is 10.1. The second-order valence-corrected chi connectivity index (χ2v) is 7.63. The van der Waals surface area contributed by atoms with Gasteiger partial charge in [0.2, 0.25) is 0 Å². The van der Waals surface area contributed by atoms with Crippen LogP contribution in [0.15, 0.2) is 30.6 Å². The second kappa shape index (κ2) is 7.81. The number of rotatable bonds is 4. The number of pyridine rings is 1. The van der Waals surface area contributed by atoms with Crippen molar-refractivity contribution >= 4 is 0 Å². The zero-order valence-corrected chi connectivity index (χ0v) is 16.1. The lowest BCUT2D eigenvalue weighted by Crippen LogP contribution is -2.27. The highest BCUT2D eigenvalue weighted by atomic mass is 15.3. The average Bonchev–Trinajstić information content (AvgIpc) is 3.12. The summed E-state index contributed by atoms with van der Waals surface area (Å²) in [4.78, 5) is 6.69. The molecule has 5 rings (SSSR count). The Morgan fingerprint density at radius 2 is 2.11 bits per heavy atom. The monoisotopic (exact) mass is 378 g/mol. The number of nitrogens with zero attached hydrogens (tertiary/aromatic N) is 7. The van der Waals surface area contributed by atoms with Gasteiger partial charge in [-0.15, -0.1) is 10.2 Å². The maximum atomic E-state index is 4.84. The third-order valence-electron chi connectivity index (χ3n) is 5.61. The number of aromatic nitrogens is 6. The van der Waals surface area contributed by atoms with Gasteiger partial charge < -0.3 is 9.88 Å². The Morgan fingerprint density at radius 1 is 1.11 bits per heavy atom. The van der Waals surface area contributed by atoms with E-state index >= 15 is 0 Å². The van der Waals surface area contributed by atoms with Crippen molar-refractivity contribution in [2.75, 3.05) is 19.6 Å². The zero-order valence-electron chi connectivity index (χ0n) is 16.1. The minimum absolute atomic E-state index is 0.779. The Morgan fingerprint density at radius 3 is 3.04 bits per heavy atom. The highest BCUT2D eigenvalue weighted by Gasteiger charge is 2.20. The topological polar surface area (TPSA) is 76.7 Å². The van der Waals surface area contributed by atoms with Crippen molar-refractivity contribution in [1.82, 2.24) is 39.7 Å². The van der Waals surface area contributed by atoms with Crippen LogP contribution in [0.2, 0.25) is 0 Å². The molecule has 3 aromatic rings. The standard InChI is InChI=1S/C20H26N8/c1-3-16(13-21-5-1)11-20-24-23-19-4-8-26(9-10-27(19)20)15-17-12-18-14-22-6-2-7-28(18)25-17/h1,3,5,12-13,22H,2,4,6-11,14-15H2. The van der Waals surface area contributed by atoms with Crippen LogP contribution in [0.3, 0.4) is 0 Å². The molecule has 3 aromatic heterocycles. The van der Waals surface area contributed by atoms with Crippen LogP contribution < -0.4 is 5.32 Å². The molecular weight excluding hydrogens is 352 g/mol. The lowest BCUT2D eigenvalue weighted by atomic mass is 10.2. The van der Waals surface area contributed by atoms with Crippen molar-refractivity contribution in [2.24, 2.45) is 0 Å². The number of hydrogen-bond donors (Lipinski definition) is 1. The molecule has 146 valence electrons. The fourth-order valence-corrected chi connectivity index (χ4v) is 4.13. The van der Waals surface area contributed by atoms with Gasteiger partial charge in [0.15, 0.2) is 0 Å². The van der Waals surface area contributed by atoms with E-state index in [0.29, 0.717) is 0 Å². The maximum Gasteiger partial charge on any atom is 0.137 e. The summed E-state index contributed by atoms with van der Waals surface area (Å²) < 4.78 is 4.47. The molecule has 0 radical (unpaired) electrons. The van der Waals surface area contributed by atoms with Gasteiger partial charge in [0.05, 0.1) is 11.4 Å². The summed E-state index contributed by atoms with van der Waals surface area (Å²) in [5, 5.41) is 17.2. The van der Waals surface area contributed by atoms with Crippen LogP contribution in [-0.4, -0.2) is 54.1 Å². The molecule has 0 atom stereocenters. The number of hydrogen-bond acceptors (Lipinski definition) is 6. The van der Waals surface area contributed by atoms with Gasteiger partial charge in [0, 0.05) is 64.5 Å². The third kappa shape index (κ3) is 3.70. The lowest BCUT2D eigenvalue weighted by Gasteiger charge is -2.18. The molecule has 0 fully saturated rings. The van der Waals surface area contributed by atoms with Gasteiger partial charge in [-0.05, 0) is 30.7 Å². The van der Waals surface area contributed by atoms with E-state index in [2.05, 4.69) is 46.8 Å². The van der Waals surface area contributed by atoms with Gasteiger partial charge in [-0.3, -0.25) is 14.6 Å². The lowest BCUT2D eigenvalue weighted by molar-refractivity contribution is 0.266. The minimum Gasteiger partial charge on any atom is -0.313 e. The Balaban J connectivity index is 1.25.